The molecule has 0 aliphatic heterocycles. The van der Waals surface area contributed by atoms with Gasteiger partial charge < -0.3 is 10.2 Å². The Morgan fingerprint density at radius 2 is 2.07 bits per heavy atom. The fourth-order valence-corrected chi connectivity index (χ4v) is 2.56. The van der Waals surface area contributed by atoms with Crippen molar-refractivity contribution >= 4 is 0 Å². The summed E-state index contributed by atoms with van der Waals surface area (Å²) in [5, 5.41) is 3.32. The Bertz CT molecular complexity index is 170. The fourth-order valence-electron chi connectivity index (χ4n) is 2.56. The quantitative estimate of drug-likeness (QED) is 0.697. The first-order valence-electron chi connectivity index (χ1n) is 6.61. The second-order valence-corrected chi connectivity index (χ2v) is 5.06. The van der Waals surface area contributed by atoms with Gasteiger partial charge in [-0.3, -0.25) is 0 Å². The Balaban J connectivity index is 2.37. The highest BCUT2D eigenvalue weighted by atomic mass is 15.2. The van der Waals surface area contributed by atoms with Crippen molar-refractivity contribution in [3.8, 4) is 0 Å². The molecule has 2 heteroatoms. The maximum absolute atomic E-state index is 3.32. The monoisotopic (exact) mass is 212 g/mol. The summed E-state index contributed by atoms with van der Waals surface area (Å²) in [5.41, 5.74) is 0. The molecule has 1 N–H and O–H groups in total. The molecular formula is C13H28N2. The molecule has 0 heterocycles. The van der Waals surface area contributed by atoms with Crippen LogP contribution in [0, 0.1) is 11.8 Å². The Morgan fingerprint density at radius 1 is 1.33 bits per heavy atom. The lowest BCUT2D eigenvalue weighted by Crippen LogP contribution is -2.51. The maximum atomic E-state index is 3.32. The van der Waals surface area contributed by atoms with Crippen molar-refractivity contribution in [1.29, 1.82) is 0 Å². The van der Waals surface area contributed by atoms with Crippen LogP contribution in [-0.4, -0.2) is 37.6 Å². The van der Waals surface area contributed by atoms with Crippen LogP contribution in [0.15, 0.2) is 0 Å². The van der Waals surface area contributed by atoms with Crippen LogP contribution < -0.4 is 5.32 Å². The molecule has 1 aliphatic rings. The lowest BCUT2D eigenvalue weighted by atomic mass is 9.78. The summed E-state index contributed by atoms with van der Waals surface area (Å²) in [6, 6.07) is 0.858. The van der Waals surface area contributed by atoms with E-state index in [9.17, 15) is 0 Å². The summed E-state index contributed by atoms with van der Waals surface area (Å²) in [6.07, 6.45) is 4.14. The van der Waals surface area contributed by atoms with E-state index in [1.54, 1.807) is 0 Å². The van der Waals surface area contributed by atoms with Crippen molar-refractivity contribution in [2.24, 2.45) is 11.8 Å². The second-order valence-electron chi connectivity index (χ2n) is 5.06. The first-order chi connectivity index (χ1) is 7.22. The van der Waals surface area contributed by atoms with Crippen molar-refractivity contribution in [3.63, 3.8) is 0 Å². The van der Waals surface area contributed by atoms with Gasteiger partial charge in [0.15, 0.2) is 0 Å². The summed E-state index contributed by atoms with van der Waals surface area (Å²) in [4.78, 5) is 2.69. The van der Waals surface area contributed by atoms with E-state index < -0.39 is 0 Å². The third-order valence-electron chi connectivity index (χ3n) is 3.96. The molecule has 1 saturated carbocycles. The van der Waals surface area contributed by atoms with Crippen molar-refractivity contribution in [1.82, 2.24) is 10.2 Å². The molecule has 3 atom stereocenters. The Labute approximate surface area is 95.4 Å². The average molecular weight is 212 g/mol. The molecule has 0 aromatic carbocycles. The molecule has 0 spiro atoms. The van der Waals surface area contributed by atoms with Crippen LogP contribution in [0.5, 0.6) is 0 Å². The van der Waals surface area contributed by atoms with Crippen LogP contribution in [0.3, 0.4) is 0 Å². The van der Waals surface area contributed by atoms with Crippen molar-refractivity contribution in [2.45, 2.75) is 46.1 Å². The summed E-state index contributed by atoms with van der Waals surface area (Å²) in [7, 11) is 2.07. The molecule has 1 aliphatic carbocycles. The van der Waals surface area contributed by atoms with Gasteiger partial charge in [-0.25, -0.2) is 0 Å². The van der Waals surface area contributed by atoms with E-state index >= 15 is 0 Å². The second kappa shape index (κ2) is 6.49. The molecule has 0 saturated heterocycles. The van der Waals surface area contributed by atoms with E-state index in [2.05, 4.69) is 38.0 Å². The van der Waals surface area contributed by atoms with Gasteiger partial charge in [0.2, 0.25) is 0 Å². The van der Waals surface area contributed by atoms with Crippen LogP contribution in [0.4, 0.5) is 0 Å². The molecule has 0 radical (unpaired) electrons. The molecule has 15 heavy (non-hydrogen) atoms. The molecule has 0 aromatic rings. The zero-order chi connectivity index (χ0) is 11.3. The molecule has 3 unspecified atom stereocenters. The minimum absolute atomic E-state index is 0.848. The van der Waals surface area contributed by atoms with Crippen LogP contribution in [0.2, 0.25) is 0 Å². The first kappa shape index (κ1) is 13.0. The van der Waals surface area contributed by atoms with Crippen LogP contribution in [0.1, 0.15) is 40.0 Å². The van der Waals surface area contributed by atoms with Crippen LogP contribution >= 0.6 is 0 Å². The average Bonchev–Trinajstić information content (AvgIpc) is 2.22. The van der Waals surface area contributed by atoms with Gasteiger partial charge in [0.05, 0.1) is 0 Å². The zero-order valence-electron chi connectivity index (χ0n) is 10.9. The smallest absolute Gasteiger partial charge is 0.0136 e. The third-order valence-corrected chi connectivity index (χ3v) is 3.96. The lowest BCUT2D eigenvalue weighted by molar-refractivity contribution is 0.0556. The molecule has 0 aromatic heterocycles. The molecule has 0 bridgehead atoms. The summed E-state index contributed by atoms with van der Waals surface area (Å²) >= 11 is 0. The van der Waals surface area contributed by atoms with E-state index in [4.69, 9.17) is 0 Å². The predicted octanol–water partition coefficient (Wildman–Crippen LogP) is 2.35. The number of rotatable bonds is 7. The van der Waals surface area contributed by atoms with Crippen molar-refractivity contribution < 1.29 is 0 Å². The van der Waals surface area contributed by atoms with Gasteiger partial charge in [-0.15, -0.1) is 0 Å². The van der Waals surface area contributed by atoms with Gasteiger partial charge in [-0.05, 0) is 44.8 Å². The molecule has 2 nitrogen and oxygen atoms in total. The SMILES string of the molecule is CCC(C)CN(CC)C1CCC1CNC. The van der Waals surface area contributed by atoms with E-state index in [1.807, 2.05) is 0 Å². The Hall–Kier alpha value is -0.0800. The Morgan fingerprint density at radius 3 is 2.47 bits per heavy atom. The molecule has 90 valence electrons. The largest absolute Gasteiger partial charge is 0.319 e. The zero-order valence-corrected chi connectivity index (χ0v) is 10.9. The van der Waals surface area contributed by atoms with Gasteiger partial charge in [-0.1, -0.05) is 27.2 Å². The number of hydrogen-bond acceptors (Lipinski definition) is 2. The molecular weight excluding hydrogens is 184 g/mol. The van der Waals surface area contributed by atoms with E-state index in [1.165, 1.54) is 38.9 Å². The van der Waals surface area contributed by atoms with E-state index in [-0.39, 0.29) is 0 Å². The first-order valence-corrected chi connectivity index (χ1v) is 6.61. The minimum atomic E-state index is 0.848. The fraction of sp³-hybridized carbons (Fsp3) is 1.00. The summed E-state index contributed by atoms with van der Waals surface area (Å²) < 4.78 is 0. The summed E-state index contributed by atoms with van der Waals surface area (Å²) in [5.74, 6) is 1.75. The van der Waals surface area contributed by atoms with Crippen LogP contribution in [0.25, 0.3) is 0 Å². The van der Waals surface area contributed by atoms with Gasteiger partial charge in [0, 0.05) is 12.6 Å². The topological polar surface area (TPSA) is 15.3 Å². The van der Waals surface area contributed by atoms with Crippen LogP contribution in [-0.2, 0) is 0 Å². The third kappa shape index (κ3) is 3.46. The highest BCUT2D eigenvalue weighted by Gasteiger charge is 2.34. The Kier molecular flexibility index (Phi) is 5.62. The predicted molar refractivity (Wildman–Crippen MR) is 67.1 cm³/mol. The standard InChI is InChI=1S/C13H28N2/c1-5-11(3)10-15(6-2)13-8-7-12(13)9-14-4/h11-14H,5-10H2,1-4H3. The number of nitrogens with one attached hydrogen (secondary N) is 1. The van der Waals surface area contributed by atoms with Gasteiger partial charge in [-0.2, -0.15) is 0 Å². The highest BCUT2D eigenvalue weighted by Crippen LogP contribution is 2.32. The minimum Gasteiger partial charge on any atom is -0.319 e. The van der Waals surface area contributed by atoms with Gasteiger partial charge in [0.25, 0.3) is 0 Å². The van der Waals surface area contributed by atoms with Gasteiger partial charge >= 0.3 is 0 Å². The lowest BCUT2D eigenvalue weighted by Gasteiger charge is -2.45. The van der Waals surface area contributed by atoms with Gasteiger partial charge in [0.1, 0.15) is 0 Å². The normalized spacial score (nSPS) is 27.8. The molecule has 1 rings (SSSR count). The summed E-state index contributed by atoms with van der Waals surface area (Å²) in [6.45, 7) is 10.7. The maximum Gasteiger partial charge on any atom is 0.0136 e. The molecule has 1 fully saturated rings. The number of nitrogens with zero attached hydrogens (tertiary/aromatic N) is 1. The number of hydrogen-bond donors (Lipinski definition) is 1. The van der Waals surface area contributed by atoms with E-state index in [0.717, 1.165) is 17.9 Å². The van der Waals surface area contributed by atoms with Crippen molar-refractivity contribution in [2.75, 3.05) is 26.7 Å². The van der Waals surface area contributed by atoms with E-state index in [0.29, 0.717) is 0 Å². The molecule has 0 amide bonds. The van der Waals surface area contributed by atoms with Crippen molar-refractivity contribution in [3.05, 3.63) is 0 Å². The highest BCUT2D eigenvalue weighted by molar-refractivity contribution is 4.89.